The monoisotopic (exact) mass is 354 g/mol. The highest BCUT2D eigenvalue weighted by molar-refractivity contribution is 6.30. The molecule has 1 N–H and O–H groups in total. The maximum absolute atomic E-state index is 12.9. The van der Waals surface area contributed by atoms with Gasteiger partial charge in [-0.05, 0) is 24.6 Å². The van der Waals surface area contributed by atoms with Crippen molar-refractivity contribution in [3.8, 4) is 0 Å². The minimum atomic E-state index is -1.07. The molecule has 0 aliphatic carbocycles. The van der Waals surface area contributed by atoms with Crippen LogP contribution < -0.4 is 5.32 Å². The zero-order chi connectivity index (χ0) is 17.6. The molecule has 1 aliphatic heterocycles. The number of nitrogens with zero attached hydrogens (tertiary/aromatic N) is 3. The van der Waals surface area contributed by atoms with Crippen LogP contribution in [-0.2, 0) is 16.9 Å². The van der Waals surface area contributed by atoms with E-state index in [9.17, 15) is 9.59 Å². The first-order chi connectivity index (χ1) is 12.0. The van der Waals surface area contributed by atoms with E-state index in [0.29, 0.717) is 16.4 Å². The Hall–Kier alpha value is -2.86. The van der Waals surface area contributed by atoms with Crippen LogP contribution in [0, 0.1) is 0 Å². The zero-order valence-electron chi connectivity index (χ0n) is 13.4. The van der Waals surface area contributed by atoms with Crippen molar-refractivity contribution in [3.63, 3.8) is 0 Å². The van der Waals surface area contributed by atoms with Gasteiger partial charge in [-0.15, -0.1) is 0 Å². The first-order valence-electron chi connectivity index (χ1n) is 7.80. The number of carbonyl (C=O) groups is 2. The van der Waals surface area contributed by atoms with Crippen LogP contribution in [-0.4, -0.2) is 26.2 Å². The second kappa shape index (κ2) is 5.60. The van der Waals surface area contributed by atoms with E-state index < -0.39 is 11.6 Å². The quantitative estimate of drug-likeness (QED) is 0.735. The number of hydrogen-bond donors (Lipinski definition) is 1. The molecule has 0 spiro atoms. The lowest BCUT2D eigenvalue weighted by atomic mass is 9.92. The number of imidazole rings is 1. The standard InChI is InChI=1S/C18H15ClN4O2/c1-18(12-5-3-2-4-6-12)16(24)23(17(25)21-18)11-14-10-22-9-13(19)7-8-15(22)20-14/h2-10H,11H2,1H3,(H,21,25). The first-order valence-corrected chi connectivity index (χ1v) is 8.18. The topological polar surface area (TPSA) is 66.7 Å². The van der Waals surface area contributed by atoms with Gasteiger partial charge in [0.1, 0.15) is 11.2 Å². The Morgan fingerprint density at radius 3 is 2.64 bits per heavy atom. The van der Waals surface area contributed by atoms with E-state index in [1.807, 2.05) is 30.3 Å². The van der Waals surface area contributed by atoms with Gasteiger partial charge in [0.25, 0.3) is 5.91 Å². The highest BCUT2D eigenvalue weighted by atomic mass is 35.5. The van der Waals surface area contributed by atoms with Crippen molar-refractivity contribution in [1.82, 2.24) is 19.6 Å². The molecule has 3 aromatic rings. The third-order valence-corrected chi connectivity index (χ3v) is 4.63. The van der Waals surface area contributed by atoms with Gasteiger partial charge in [-0.25, -0.2) is 9.78 Å². The second-order valence-corrected chi connectivity index (χ2v) is 6.59. The number of rotatable bonds is 3. The summed E-state index contributed by atoms with van der Waals surface area (Å²) in [6.45, 7) is 1.82. The van der Waals surface area contributed by atoms with Gasteiger partial charge in [-0.3, -0.25) is 9.69 Å². The predicted octanol–water partition coefficient (Wildman–Crippen LogP) is 2.95. The van der Waals surface area contributed by atoms with E-state index in [1.54, 1.807) is 35.9 Å². The van der Waals surface area contributed by atoms with E-state index in [-0.39, 0.29) is 12.5 Å². The van der Waals surface area contributed by atoms with Gasteiger partial charge in [-0.1, -0.05) is 41.9 Å². The molecule has 126 valence electrons. The largest absolute Gasteiger partial charge is 0.325 e. The van der Waals surface area contributed by atoms with Gasteiger partial charge in [0.15, 0.2) is 0 Å². The molecule has 1 fully saturated rings. The lowest BCUT2D eigenvalue weighted by Gasteiger charge is -2.21. The van der Waals surface area contributed by atoms with Crippen molar-refractivity contribution in [2.24, 2.45) is 0 Å². The zero-order valence-corrected chi connectivity index (χ0v) is 14.2. The van der Waals surface area contributed by atoms with Crippen molar-refractivity contribution in [2.75, 3.05) is 0 Å². The van der Waals surface area contributed by atoms with E-state index >= 15 is 0 Å². The van der Waals surface area contributed by atoms with Crippen molar-refractivity contribution in [2.45, 2.75) is 19.0 Å². The van der Waals surface area contributed by atoms with Crippen LogP contribution in [0.3, 0.4) is 0 Å². The minimum absolute atomic E-state index is 0.104. The Morgan fingerprint density at radius 1 is 1.12 bits per heavy atom. The molecule has 4 rings (SSSR count). The number of nitrogens with one attached hydrogen (secondary N) is 1. The first kappa shape index (κ1) is 15.7. The molecular weight excluding hydrogens is 340 g/mol. The summed E-state index contributed by atoms with van der Waals surface area (Å²) in [6, 6.07) is 12.3. The van der Waals surface area contributed by atoms with Gasteiger partial charge in [0.2, 0.25) is 0 Å². The average molecular weight is 355 g/mol. The summed E-state index contributed by atoms with van der Waals surface area (Å²) in [6.07, 6.45) is 3.49. The van der Waals surface area contributed by atoms with Crippen molar-refractivity contribution in [3.05, 3.63) is 71.1 Å². The van der Waals surface area contributed by atoms with Gasteiger partial charge in [-0.2, -0.15) is 0 Å². The summed E-state index contributed by atoms with van der Waals surface area (Å²) in [7, 11) is 0. The van der Waals surface area contributed by atoms with Crippen LogP contribution in [0.5, 0.6) is 0 Å². The van der Waals surface area contributed by atoms with E-state index in [4.69, 9.17) is 11.6 Å². The molecule has 3 amide bonds. The second-order valence-electron chi connectivity index (χ2n) is 6.16. The van der Waals surface area contributed by atoms with Crippen LogP contribution in [0.4, 0.5) is 4.79 Å². The molecule has 1 aliphatic rings. The lowest BCUT2D eigenvalue weighted by molar-refractivity contribution is -0.131. The minimum Gasteiger partial charge on any atom is -0.319 e. The highest BCUT2D eigenvalue weighted by Gasteiger charge is 2.48. The van der Waals surface area contributed by atoms with Gasteiger partial charge in [0.05, 0.1) is 17.3 Å². The number of pyridine rings is 1. The third-order valence-electron chi connectivity index (χ3n) is 4.41. The van der Waals surface area contributed by atoms with Crippen LogP contribution >= 0.6 is 11.6 Å². The fourth-order valence-corrected chi connectivity index (χ4v) is 3.23. The number of halogens is 1. The number of hydrogen-bond acceptors (Lipinski definition) is 3. The number of benzene rings is 1. The summed E-state index contributed by atoms with van der Waals surface area (Å²) >= 11 is 5.97. The highest BCUT2D eigenvalue weighted by Crippen LogP contribution is 2.29. The molecular formula is C18H15ClN4O2. The Labute approximate surface area is 149 Å². The van der Waals surface area contributed by atoms with Gasteiger partial charge in [0, 0.05) is 12.4 Å². The summed E-state index contributed by atoms with van der Waals surface area (Å²) in [5.41, 5.74) is 0.999. The van der Waals surface area contributed by atoms with Gasteiger partial charge < -0.3 is 9.72 Å². The van der Waals surface area contributed by atoms with E-state index in [0.717, 1.165) is 5.56 Å². The summed E-state index contributed by atoms with van der Waals surface area (Å²) in [4.78, 5) is 30.9. The smallest absolute Gasteiger partial charge is 0.319 e. The Morgan fingerprint density at radius 2 is 1.88 bits per heavy atom. The molecule has 1 aromatic carbocycles. The van der Waals surface area contributed by atoms with Crippen LogP contribution in [0.1, 0.15) is 18.2 Å². The van der Waals surface area contributed by atoms with Crippen molar-refractivity contribution in [1.29, 1.82) is 0 Å². The van der Waals surface area contributed by atoms with Crippen LogP contribution in [0.2, 0.25) is 5.02 Å². The molecule has 1 atom stereocenters. The molecule has 1 unspecified atom stereocenters. The molecule has 6 nitrogen and oxygen atoms in total. The van der Waals surface area contributed by atoms with Gasteiger partial charge >= 0.3 is 6.03 Å². The number of fused-ring (bicyclic) bond motifs is 1. The molecule has 2 aromatic heterocycles. The number of amides is 3. The fourth-order valence-electron chi connectivity index (χ4n) is 3.06. The Bertz CT molecular complexity index is 985. The summed E-state index contributed by atoms with van der Waals surface area (Å²) in [5.74, 6) is -0.293. The lowest BCUT2D eigenvalue weighted by Crippen LogP contribution is -2.40. The SMILES string of the molecule is CC1(c2ccccc2)NC(=O)N(Cc2cn3cc(Cl)ccc3n2)C1=O. The summed E-state index contributed by atoms with van der Waals surface area (Å²) < 4.78 is 1.77. The molecule has 0 saturated carbocycles. The molecule has 0 bridgehead atoms. The van der Waals surface area contributed by atoms with Crippen molar-refractivity contribution < 1.29 is 9.59 Å². The number of urea groups is 1. The van der Waals surface area contributed by atoms with Crippen LogP contribution in [0.25, 0.3) is 5.65 Å². The van der Waals surface area contributed by atoms with Crippen molar-refractivity contribution >= 4 is 29.2 Å². The van der Waals surface area contributed by atoms with E-state index in [2.05, 4.69) is 10.3 Å². The number of imide groups is 1. The third kappa shape index (κ3) is 2.55. The fraction of sp³-hybridized carbons (Fsp3) is 0.167. The maximum atomic E-state index is 12.9. The van der Waals surface area contributed by atoms with E-state index in [1.165, 1.54) is 4.90 Å². The number of carbonyl (C=O) groups excluding carboxylic acids is 2. The molecule has 3 heterocycles. The normalized spacial score (nSPS) is 20.3. The summed E-state index contributed by atoms with van der Waals surface area (Å²) in [5, 5.41) is 3.38. The predicted molar refractivity (Wildman–Crippen MR) is 93.1 cm³/mol. The average Bonchev–Trinajstić information content (AvgIpc) is 3.09. The Balaban J connectivity index is 1.64. The molecule has 1 saturated heterocycles. The Kier molecular flexibility index (Phi) is 3.51. The van der Waals surface area contributed by atoms with Crippen LogP contribution in [0.15, 0.2) is 54.9 Å². The molecule has 0 radical (unpaired) electrons. The molecule has 25 heavy (non-hydrogen) atoms. The molecule has 7 heteroatoms. The maximum Gasteiger partial charge on any atom is 0.325 e. The number of aromatic nitrogens is 2.